The van der Waals surface area contributed by atoms with Crippen LogP contribution in [-0.4, -0.2) is 11.0 Å². The number of rotatable bonds is 4. The van der Waals surface area contributed by atoms with Crippen LogP contribution in [0, 0.1) is 0 Å². The molecule has 1 aromatic heterocycles. The van der Waals surface area contributed by atoms with E-state index < -0.39 is 0 Å². The monoisotopic (exact) mass is 325 g/mol. The average Bonchev–Trinajstić information content (AvgIpc) is 2.76. The quantitative estimate of drug-likeness (QED) is 0.907. The lowest BCUT2D eigenvalue weighted by atomic mass is 10.1. The summed E-state index contributed by atoms with van der Waals surface area (Å²) >= 11 is 4.99. The van der Waals surface area contributed by atoms with Gasteiger partial charge in [0.1, 0.15) is 5.75 Å². The molecule has 3 nitrogen and oxygen atoms in total. The molecule has 0 unspecified atom stereocenters. The minimum Gasteiger partial charge on any atom is -0.508 e. The molecule has 2 aromatic rings. The van der Waals surface area contributed by atoms with E-state index in [-0.39, 0.29) is 11.7 Å². The SMILES string of the molecule is O=C(Cc1ccc(O)cc1)NCc1ccc(Br)s1. The van der Waals surface area contributed by atoms with Gasteiger partial charge in [-0.05, 0) is 45.8 Å². The zero-order valence-corrected chi connectivity index (χ0v) is 11.9. The average molecular weight is 326 g/mol. The van der Waals surface area contributed by atoms with E-state index in [2.05, 4.69) is 21.2 Å². The van der Waals surface area contributed by atoms with E-state index in [1.807, 2.05) is 12.1 Å². The van der Waals surface area contributed by atoms with Crippen LogP contribution in [0.3, 0.4) is 0 Å². The van der Waals surface area contributed by atoms with Gasteiger partial charge in [0, 0.05) is 4.88 Å². The van der Waals surface area contributed by atoms with Crippen LogP contribution in [0.15, 0.2) is 40.2 Å². The number of carbonyl (C=O) groups is 1. The summed E-state index contributed by atoms with van der Waals surface area (Å²) in [7, 11) is 0. The second-order valence-electron chi connectivity index (χ2n) is 3.83. The minimum atomic E-state index is -0.0230. The Morgan fingerprint density at radius 1 is 1.22 bits per heavy atom. The van der Waals surface area contributed by atoms with Crippen LogP contribution in [0.1, 0.15) is 10.4 Å². The fraction of sp³-hybridized carbons (Fsp3) is 0.154. The first-order valence-corrected chi connectivity index (χ1v) is 7.03. The Bertz CT molecular complexity index is 536. The highest BCUT2D eigenvalue weighted by Crippen LogP contribution is 2.21. The molecule has 0 bridgehead atoms. The predicted octanol–water partition coefficient (Wildman–Crippen LogP) is 3.08. The molecule has 1 amide bonds. The van der Waals surface area contributed by atoms with E-state index >= 15 is 0 Å². The van der Waals surface area contributed by atoms with Crippen molar-refractivity contribution in [1.29, 1.82) is 0 Å². The molecule has 2 rings (SSSR count). The second-order valence-corrected chi connectivity index (χ2v) is 6.37. The van der Waals surface area contributed by atoms with Crippen molar-refractivity contribution >= 4 is 33.2 Å². The first kappa shape index (κ1) is 13.1. The lowest BCUT2D eigenvalue weighted by molar-refractivity contribution is -0.120. The molecule has 5 heteroatoms. The molecular weight excluding hydrogens is 314 g/mol. The van der Waals surface area contributed by atoms with Gasteiger partial charge < -0.3 is 10.4 Å². The number of phenols is 1. The maximum atomic E-state index is 11.7. The molecule has 18 heavy (non-hydrogen) atoms. The van der Waals surface area contributed by atoms with Gasteiger partial charge in [-0.15, -0.1) is 11.3 Å². The normalized spacial score (nSPS) is 10.3. The van der Waals surface area contributed by atoms with E-state index in [4.69, 9.17) is 5.11 Å². The molecule has 94 valence electrons. The van der Waals surface area contributed by atoms with Gasteiger partial charge in [0.15, 0.2) is 0 Å². The predicted molar refractivity (Wildman–Crippen MR) is 75.7 cm³/mol. The van der Waals surface area contributed by atoms with Crippen molar-refractivity contribution in [3.63, 3.8) is 0 Å². The molecule has 0 aliphatic heterocycles. The number of aromatic hydroxyl groups is 1. The standard InChI is InChI=1S/C13H12BrNO2S/c14-12-6-5-11(18-12)8-15-13(17)7-9-1-3-10(16)4-2-9/h1-6,16H,7-8H2,(H,15,17). The molecule has 2 N–H and O–H groups in total. The number of hydrogen-bond acceptors (Lipinski definition) is 3. The highest BCUT2D eigenvalue weighted by molar-refractivity contribution is 9.11. The molecule has 1 heterocycles. The van der Waals surface area contributed by atoms with Gasteiger partial charge in [-0.3, -0.25) is 4.79 Å². The summed E-state index contributed by atoms with van der Waals surface area (Å²) in [6.45, 7) is 0.549. The number of phenolic OH excluding ortho intramolecular Hbond substituents is 1. The van der Waals surface area contributed by atoms with Crippen molar-refractivity contribution in [2.45, 2.75) is 13.0 Å². The number of amides is 1. The van der Waals surface area contributed by atoms with Gasteiger partial charge in [-0.25, -0.2) is 0 Å². The van der Waals surface area contributed by atoms with Gasteiger partial charge in [0.2, 0.25) is 5.91 Å². The Balaban J connectivity index is 1.83. The van der Waals surface area contributed by atoms with Crippen LogP contribution < -0.4 is 5.32 Å². The van der Waals surface area contributed by atoms with Crippen LogP contribution in [0.2, 0.25) is 0 Å². The van der Waals surface area contributed by atoms with Gasteiger partial charge in [0.05, 0.1) is 16.8 Å². The summed E-state index contributed by atoms with van der Waals surface area (Å²) in [5, 5.41) is 12.0. The number of nitrogens with one attached hydrogen (secondary N) is 1. The van der Waals surface area contributed by atoms with Crippen molar-refractivity contribution in [3.8, 4) is 5.75 Å². The van der Waals surface area contributed by atoms with E-state index in [1.165, 1.54) is 0 Å². The largest absolute Gasteiger partial charge is 0.508 e. The number of thiophene rings is 1. The Hall–Kier alpha value is -1.33. The third-order valence-corrected chi connectivity index (χ3v) is 4.01. The van der Waals surface area contributed by atoms with Gasteiger partial charge in [-0.1, -0.05) is 12.1 Å². The number of carbonyl (C=O) groups excluding carboxylic acids is 1. The van der Waals surface area contributed by atoms with Gasteiger partial charge in [-0.2, -0.15) is 0 Å². The zero-order chi connectivity index (χ0) is 13.0. The summed E-state index contributed by atoms with van der Waals surface area (Å²) in [4.78, 5) is 12.8. The molecule has 0 radical (unpaired) electrons. The van der Waals surface area contributed by atoms with Crippen molar-refractivity contribution in [2.24, 2.45) is 0 Å². The number of halogens is 1. The van der Waals surface area contributed by atoms with Crippen LogP contribution in [0.25, 0.3) is 0 Å². The molecule has 0 saturated heterocycles. The Kier molecular flexibility index (Phi) is 4.38. The minimum absolute atomic E-state index is 0.0230. The molecule has 0 aliphatic carbocycles. The Labute approximate surface area is 118 Å². The van der Waals surface area contributed by atoms with Crippen LogP contribution >= 0.6 is 27.3 Å². The summed E-state index contributed by atoms with van der Waals surface area (Å²) in [5.41, 5.74) is 0.887. The molecular formula is C13H12BrNO2S. The van der Waals surface area contributed by atoms with Gasteiger partial charge in [0.25, 0.3) is 0 Å². The first-order valence-electron chi connectivity index (χ1n) is 5.42. The zero-order valence-electron chi connectivity index (χ0n) is 9.52. The van der Waals surface area contributed by atoms with Crippen molar-refractivity contribution in [1.82, 2.24) is 5.32 Å². The Morgan fingerprint density at radius 2 is 1.94 bits per heavy atom. The highest BCUT2D eigenvalue weighted by Gasteiger charge is 2.04. The first-order chi connectivity index (χ1) is 8.63. The maximum absolute atomic E-state index is 11.7. The van der Waals surface area contributed by atoms with E-state index in [1.54, 1.807) is 35.6 Å². The fourth-order valence-electron chi connectivity index (χ4n) is 1.49. The van der Waals surface area contributed by atoms with E-state index in [0.717, 1.165) is 14.2 Å². The van der Waals surface area contributed by atoms with E-state index in [9.17, 15) is 4.79 Å². The number of hydrogen-bond donors (Lipinski definition) is 2. The van der Waals surface area contributed by atoms with E-state index in [0.29, 0.717) is 13.0 Å². The lowest BCUT2D eigenvalue weighted by Crippen LogP contribution is -2.24. The summed E-state index contributed by atoms with van der Waals surface area (Å²) in [6, 6.07) is 10.6. The maximum Gasteiger partial charge on any atom is 0.224 e. The topological polar surface area (TPSA) is 49.3 Å². The van der Waals surface area contributed by atoms with Crippen LogP contribution in [0.4, 0.5) is 0 Å². The molecule has 0 spiro atoms. The third-order valence-electron chi connectivity index (χ3n) is 2.39. The number of benzene rings is 1. The summed E-state index contributed by atoms with van der Waals surface area (Å²) < 4.78 is 1.06. The van der Waals surface area contributed by atoms with Crippen LogP contribution in [-0.2, 0) is 17.8 Å². The smallest absolute Gasteiger partial charge is 0.224 e. The summed E-state index contributed by atoms with van der Waals surface area (Å²) in [6.07, 6.45) is 0.326. The Morgan fingerprint density at radius 3 is 2.56 bits per heavy atom. The third kappa shape index (κ3) is 3.85. The molecule has 0 atom stereocenters. The lowest BCUT2D eigenvalue weighted by Gasteiger charge is -2.04. The highest BCUT2D eigenvalue weighted by atomic mass is 79.9. The van der Waals surface area contributed by atoms with Crippen LogP contribution in [0.5, 0.6) is 5.75 Å². The fourth-order valence-corrected chi connectivity index (χ4v) is 2.92. The van der Waals surface area contributed by atoms with Crippen molar-refractivity contribution in [3.05, 3.63) is 50.6 Å². The molecule has 1 aromatic carbocycles. The van der Waals surface area contributed by atoms with Crippen molar-refractivity contribution in [2.75, 3.05) is 0 Å². The second kappa shape index (κ2) is 6.02. The summed E-state index contributed by atoms with van der Waals surface area (Å²) in [5.74, 6) is 0.188. The van der Waals surface area contributed by atoms with Gasteiger partial charge >= 0.3 is 0 Å². The molecule has 0 fully saturated rings. The molecule has 0 aliphatic rings. The molecule has 0 saturated carbocycles. The van der Waals surface area contributed by atoms with Crippen molar-refractivity contribution < 1.29 is 9.90 Å².